The van der Waals surface area contributed by atoms with Gasteiger partial charge in [0.2, 0.25) is 0 Å². The van der Waals surface area contributed by atoms with Gasteiger partial charge in [0.05, 0.1) is 11.4 Å². The Morgan fingerprint density at radius 3 is 2.47 bits per heavy atom. The van der Waals surface area contributed by atoms with Crippen LogP contribution in [0.5, 0.6) is 0 Å². The van der Waals surface area contributed by atoms with Gasteiger partial charge < -0.3 is 5.32 Å². The fraction of sp³-hybridized carbons (Fsp3) is 0. The van der Waals surface area contributed by atoms with Gasteiger partial charge in [0.25, 0.3) is 0 Å². The van der Waals surface area contributed by atoms with Gasteiger partial charge in [0, 0.05) is 14.7 Å². The molecule has 0 spiro atoms. The third-order valence-corrected chi connectivity index (χ3v) is 3.51. The highest BCUT2D eigenvalue weighted by molar-refractivity contribution is 14.1. The minimum absolute atomic E-state index is 0.264. The smallest absolute Gasteiger partial charge is 0.175 e. The molecule has 0 bridgehead atoms. The molecule has 17 heavy (non-hydrogen) atoms. The fourth-order valence-corrected chi connectivity index (χ4v) is 2.47. The van der Waals surface area contributed by atoms with Crippen molar-refractivity contribution in [3.8, 4) is 0 Å². The summed E-state index contributed by atoms with van der Waals surface area (Å²) in [5, 5.41) is 11.7. The summed E-state index contributed by atoms with van der Waals surface area (Å²) >= 11 is 19.7. The second-order valence-electron chi connectivity index (χ2n) is 3.12. The molecule has 0 amide bonds. The number of rotatable bonds is 2. The molecule has 0 atom stereocenters. The Labute approximate surface area is 127 Å². The summed E-state index contributed by atoms with van der Waals surface area (Å²) in [6.07, 6.45) is 0. The summed E-state index contributed by atoms with van der Waals surface area (Å²) in [7, 11) is 0. The third-order valence-electron chi connectivity index (χ3n) is 1.92. The average molecular weight is 400 g/mol. The van der Waals surface area contributed by atoms with Crippen molar-refractivity contribution in [2.45, 2.75) is 0 Å². The lowest BCUT2D eigenvalue weighted by Crippen LogP contribution is -1.96. The molecule has 0 aliphatic rings. The van der Waals surface area contributed by atoms with Crippen LogP contribution in [0, 0.1) is 3.57 Å². The molecule has 7 heteroatoms. The monoisotopic (exact) mass is 399 g/mol. The zero-order chi connectivity index (χ0) is 12.4. The van der Waals surface area contributed by atoms with Gasteiger partial charge in [-0.05, 0) is 40.8 Å². The molecule has 0 aliphatic carbocycles. The van der Waals surface area contributed by atoms with Gasteiger partial charge in [-0.25, -0.2) is 0 Å². The molecule has 0 saturated heterocycles. The molecule has 88 valence electrons. The summed E-state index contributed by atoms with van der Waals surface area (Å²) in [5.74, 6) is 0. The van der Waals surface area contributed by atoms with E-state index in [2.05, 4.69) is 38.1 Å². The Bertz CT molecular complexity index is 562. The molecule has 0 aliphatic heterocycles. The quantitative estimate of drug-likeness (QED) is 0.737. The van der Waals surface area contributed by atoms with Crippen molar-refractivity contribution in [2.24, 2.45) is 0 Å². The first-order valence-corrected chi connectivity index (χ1v) is 6.68. The molecule has 1 N–H and O–H groups in total. The molecule has 1 heterocycles. The Morgan fingerprint density at radius 2 is 1.76 bits per heavy atom. The van der Waals surface area contributed by atoms with Crippen LogP contribution in [0.1, 0.15) is 0 Å². The van der Waals surface area contributed by atoms with Gasteiger partial charge in [-0.2, -0.15) is 0 Å². The molecule has 0 unspecified atom stereocenters. The Morgan fingerprint density at radius 1 is 1.00 bits per heavy atom. The number of benzene rings is 1. The van der Waals surface area contributed by atoms with E-state index in [9.17, 15) is 0 Å². The van der Waals surface area contributed by atoms with E-state index in [0.29, 0.717) is 10.7 Å². The normalized spacial score (nSPS) is 10.4. The Balaban J connectivity index is 2.34. The number of aromatic nitrogens is 2. The van der Waals surface area contributed by atoms with Gasteiger partial charge in [0.1, 0.15) is 0 Å². The summed E-state index contributed by atoms with van der Waals surface area (Å²) in [5.41, 5.74) is 1.48. The van der Waals surface area contributed by atoms with Gasteiger partial charge in [0.15, 0.2) is 10.3 Å². The largest absolute Gasteiger partial charge is 0.352 e. The van der Waals surface area contributed by atoms with Gasteiger partial charge >= 0.3 is 0 Å². The molecule has 3 nitrogen and oxygen atoms in total. The topological polar surface area (TPSA) is 37.8 Å². The van der Waals surface area contributed by atoms with Crippen LogP contribution >= 0.6 is 57.4 Å². The highest BCUT2D eigenvalue weighted by atomic mass is 127. The fourth-order valence-electron chi connectivity index (χ4n) is 1.18. The molecule has 2 rings (SSSR count). The van der Waals surface area contributed by atoms with Gasteiger partial charge in [-0.3, -0.25) is 0 Å². The van der Waals surface area contributed by atoms with Gasteiger partial charge in [-0.1, -0.05) is 34.8 Å². The molecular formula is C10H5Cl3IN3. The van der Waals surface area contributed by atoms with Crippen molar-refractivity contribution in [1.29, 1.82) is 0 Å². The maximum absolute atomic E-state index is 5.91. The zero-order valence-electron chi connectivity index (χ0n) is 8.22. The third kappa shape index (κ3) is 3.34. The molecule has 0 fully saturated rings. The van der Waals surface area contributed by atoms with Gasteiger partial charge in [-0.15, -0.1) is 10.2 Å². The summed E-state index contributed by atoms with van der Waals surface area (Å²) in [4.78, 5) is 0. The van der Waals surface area contributed by atoms with Crippen molar-refractivity contribution in [2.75, 3.05) is 5.32 Å². The SMILES string of the molecule is Clc1ccc(Nc2cc(Cl)nnc2Cl)c(I)c1. The lowest BCUT2D eigenvalue weighted by molar-refractivity contribution is 1.03. The van der Waals surface area contributed by atoms with E-state index >= 15 is 0 Å². The molecule has 0 radical (unpaired) electrons. The second-order valence-corrected chi connectivity index (χ2v) is 5.46. The molecule has 1 aromatic carbocycles. The highest BCUT2D eigenvalue weighted by Crippen LogP contribution is 2.29. The molecule has 1 aromatic heterocycles. The van der Waals surface area contributed by atoms with E-state index in [1.807, 2.05) is 12.1 Å². The summed E-state index contributed by atoms with van der Waals surface area (Å²) < 4.78 is 0.971. The summed E-state index contributed by atoms with van der Waals surface area (Å²) in [6.45, 7) is 0. The Hall–Kier alpha value is -0.300. The minimum Gasteiger partial charge on any atom is -0.352 e. The maximum atomic E-state index is 5.91. The molecular weight excluding hydrogens is 395 g/mol. The number of hydrogen-bond acceptors (Lipinski definition) is 3. The number of anilines is 2. The van der Waals surface area contributed by atoms with Crippen molar-refractivity contribution >= 4 is 68.8 Å². The Kier molecular flexibility index (Phi) is 4.30. The summed E-state index contributed by atoms with van der Waals surface area (Å²) in [6, 6.07) is 7.10. The maximum Gasteiger partial charge on any atom is 0.175 e. The first-order valence-electron chi connectivity index (χ1n) is 4.47. The van der Waals surface area contributed by atoms with Crippen LogP contribution in [0.4, 0.5) is 11.4 Å². The van der Waals surface area contributed by atoms with Crippen LogP contribution in [0.2, 0.25) is 15.3 Å². The van der Waals surface area contributed by atoms with Crippen LogP contribution in [0.15, 0.2) is 24.3 Å². The number of hydrogen-bond donors (Lipinski definition) is 1. The predicted octanol–water partition coefficient (Wildman–Crippen LogP) is 4.79. The first-order chi connectivity index (χ1) is 8.06. The van der Waals surface area contributed by atoms with E-state index in [4.69, 9.17) is 34.8 Å². The zero-order valence-corrected chi connectivity index (χ0v) is 12.6. The van der Waals surface area contributed by atoms with Crippen molar-refractivity contribution in [3.05, 3.63) is 43.2 Å². The minimum atomic E-state index is 0.264. The second kappa shape index (κ2) is 5.56. The van der Waals surface area contributed by atoms with E-state index in [0.717, 1.165) is 9.26 Å². The van der Waals surface area contributed by atoms with Crippen molar-refractivity contribution in [1.82, 2.24) is 10.2 Å². The van der Waals surface area contributed by atoms with E-state index in [1.54, 1.807) is 12.1 Å². The van der Waals surface area contributed by atoms with Crippen LogP contribution in [-0.2, 0) is 0 Å². The lowest BCUT2D eigenvalue weighted by Gasteiger charge is -2.09. The lowest BCUT2D eigenvalue weighted by atomic mass is 10.3. The average Bonchev–Trinajstić information content (AvgIpc) is 2.27. The van der Waals surface area contributed by atoms with Crippen LogP contribution in [0.25, 0.3) is 0 Å². The molecule has 0 saturated carbocycles. The predicted molar refractivity (Wildman–Crippen MR) is 79.5 cm³/mol. The molecule has 2 aromatic rings. The van der Waals surface area contributed by atoms with E-state index < -0.39 is 0 Å². The van der Waals surface area contributed by atoms with E-state index in [1.165, 1.54) is 0 Å². The number of nitrogens with zero attached hydrogens (tertiary/aromatic N) is 2. The van der Waals surface area contributed by atoms with Crippen molar-refractivity contribution in [3.63, 3.8) is 0 Å². The number of halogens is 4. The van der Waals surface area contributed by atoms with Crippen LogP contribution in [0.3, 0.4) is 0 Å². The van der Waals surface area contributed by atoms with E-state index in [-0.39, 0.29) is 10.3 Å². The van der Waals surface area contributed by atoms with Crippen molar-refractivity contribution < 1.29 is 0 Å². The first kappa shape index (κ1) is 13.1. The van der Waals surface area contributed by atoms with Crippen LogP contribution < -0.4 is 5.32 Å². The highest BCUT2D eigenvalue weighted by Gasteiger charge is 2.07. The number of nitrogens with one attached hydrogen (secondary N) is 1. The standard InChI is InChI=1S/C10H5Cl3IN3/c11-5-1-2-7(6(14)3-5)15-8-4-9(12)16-17-10(8)13/h1-4H,(H,15,16). The van der Waals surface area contributed by atoms with Crippen LogP contribution in [-0.4, -0.2) is 10.2 Å².